The molecule has 1 nitrogen and oxygen atoms in total. The fourth-order valence-corrected chi connectivity index (χ4v) is 2.35. The van der Waals surface area contributed by atoms with Gasteiger partial charge in [0.15, 0.2) is 0 Å². The second kappa shape index (κ2) is 5.39. The zero-order valence-electron chi connectivity index (χ0n) is 9.75. The normalized spacial score (nSPS) is 12.5. The molecule has 2 aromatic carbocycles. The van der Waals surface area contributed by atoms with Crippen LogP contribution < -0.4 is 5.73 Å². The Hall–Kier alpha value is -0.900. The fourth-order valence-electron chi connectivity index (χ4n) is 1.74. The molecule has 2 N–H and O–H groups in total. The first kappa shape index (κ1) is 13.5. The van der Waals surface area contributed by atoms with Crippen molar-refractivity contribution in [2.24, 2.45) is 5.73 Å². The Labute approximate surface area is 119 Å². The van der Waals surface area contributed by atoms with Crippen LogP contribution >= 0.6 is 27.5 Å². The number of nitrogens with two attached hydrogens (primary N) is 1. The van der Waals surface area contributed by atoms with Crippen molar-refractivity contribution >= 4 is 27.5 Å². The van der Waals surface area contributed by atoms with Gasteiger partial charge in [0.25, 0.3) is 0 Å². The molecule has 0 radical (unpaired) electrons. The lowest BCUT2D eigenvalue weighted by Crippen LogP contribution is -2.13. The second-order valence-electron chi connectivity index (χ2n) is 4.15. The maximum atomic E-state index is 13.5. The van der Waals surface area contributed by atoms with Crippen LogP contribution in [-0.4, -0.2) is 0 Å². The summed E-state index contributed by atoms with van der Waals surface area (Å²) in [5, 5.41) is 0.576. The van der Waals surface area contributed by atoms with Crippen molar-refractivity contribution in [3.05, 3.63) is 68.4 Å². The van der Waals surface area contributed by atoms with Crippen molar-refractivity contribution in [2.45, 2.75) is 13.0 Å². The Bertz CT molecular complexity index is 586. The first-order valence-electron chi connectivity index (χ1n) is 5.45. The highest BCUT2D eigenvalue weighted by Crippen LogP contribution is 2.29. The van der Waals surface area contributed by atoms with Crippen molar-refractivity contribution in [1.29, 1.82) is 0 Å². The van der Waals surface area contributed by atoms with E-state index in [1.807, 2.05) is 18.2 Å². The van der Waals surface area contributed by atoms with Crippen LogP contribution in [0, 0.1) is 12.7 Å². The van der Waals surface area contributed by atoms with Gasteiger partial charge in [-0.3, -0.25) is 0 Å². The molecular weight excluding hydrogens is 317 g/mol. The predicted molar refractivity (Wildman–Crippen MR) is 76.3 cm³/mol. The van der Waals surface area contributed by atoms with Crippen LogP contribution in [0.1, 0.15) is 22.7 Å². The molecule has 0 aliphatic rings. The predicted octanol–water partition coefficient (Wildman–Crippen LogP) is 4.60. The van der Waals surface area contributed by atoms with Crippen molar-refractivity contribution in [2.75, 3.05) is 0 Å². The monoisotopic (exact) mass is 327 g/mol. The third-order valence-corrected chi connectivity index (χ3v) is 3.69. The van der Waals surface area contributed by atoms with Crippen LogP contribution in [0.3, 0.4) is 0 Å². The minimum atomic E-state index is -0.440. The molecule has 0 heterocycles. The average Bonchev–Trinajstić information content (AvgIpc) is 2.35. The van der Waals surface area contributed by atoms with Gasteiger partial charge in [0.05, 0.1) is 6.04 Å². The van der Waals surface area contributed by atoms with Crippen molar-refractivity contribution in [1.82, 2.24) is 0 Å². The Morgan fingerprint density at radius 2 is 1.94 bits per heavy atom. The van der Waals surface area contributed by atoms with E-state index in [1.165, 1.54) is 6.07 Å². The summed E-state index contributed by atoms with van der Waals surface area (Å²) < 4.78 is 14.4. The molecule has 0 aromatic heterocycles. The quantitative estimate of drug-likeness (QED) is 0.856. The molecule has 0 fully saturated rings. The van der Waals surface area contributed by atoms with Crippen molar-refractivity contribution in [3.8, 4) is 0 Å². The molecular formula is C14H12BrClFN. The molecule has 0 spiro atoms. The molecule has 0 saturated carbocycles. The standard InChI is InChI=1S/C14H12BrClFN/c1-8-2-3-9(6-13(8)17)14(18)11-7-10(15)4-5-12(11)16/h2-7,14H,18H2,1H3. The van der Waals surface area contributed by atoms with Crippen LogP contribution in [0.5, 0.6) is 0 Å². The first-order chi connectivity index (χ1) is 8.49. The molecule has 4 heteroatoms. The highest BCUT2D eigenvalue weighted by molar-refractivity contribution is 9.10. The molecule has 0 amide bonds. The van der Waals surface area contributed by atoms with Crippen LogP contribution in [-0.2, 0) is 0 Å². The lowest BCUT2D eigenvalue weighted by atomic mass is 9.98. The summed E-state index contributed by atoms with van der Waals surface area (Å²) in [7, 11) is 0. The molecule has 1 atom stereocenters. The zero-order chi connectivity index (χ0) is 13.3. The highest BCUT2D eigenvalue weighted by atomic mass is 79.9. The maximum absolute atomic E-state index is 13.5. The van der Waals surface area contributed by atoms with Gasteiger partial charge in [0.1, 0.15) is 5.82 Å². The maximum Gasteiger partial charge on any atom is 0.126 e. The third-order valence-electron chi connectivity index (χ3n) is 2.85. The van der Waals surface area contributed by atoms with Gasteiger partial charge in [-0.15, -0.1) is 0 Å². The lowest BCUT2D eigenvalue weighted by Gasteiger charge is -2.15. The van der Waals surface area contributed by atoms with Gasteiger partial charge >= 0.3 is 0 Å². The second-order valence-corrected chi connectivity index (χ2v) is 5.48. The van der Waals surface area contributed by atoms with Gasteiger partial charge in [-0.05, 0) is 47.9 Å². The van der Waals surface area contributed by atoms with Crippen molar-refractivity contribution < 1.29 is 4.39 Å². The summed E-state index contributed by atoms with van der Waals surface area (Å²) in [5.74, 6) is -0.255. The number of aryl methyl sites for hydroxylation is 1. The smallest absolute Gasteiger partial charge is 0.126 e. The Morgan fingerprint density at radius 3 is 2.61 bits per heavy atom. The van der Waals surface area contributed by atoms with E-state index in [9.17, 15) is 4.39 Å². The molecule has 0 aliphatic heterocycles. The largest absolute Gasteiger partial charge is 0.320 e. The minimum absolute atomic E-state index is 0.255. The van der Waals surface area contributed by atoms with Crippen LogP contribution in [0.4, 0.5) is 4.39 Å². The number of benzene rings is 2. The molecule has 0 saturated heterocycles. The lowest BCUT2D eigenvalue weighted by molar-refractivity contribution is 0.614. The summed E-state index contributed by atoms with van der Waals surface area (Å²) in [6, 6.07) is 10.0. The molecule has 18 heavy (non-hydrogen) atoms. The van der Waals surface area contributed by atoms with E-state index in [2.05, 4.69) is 15.9 Å². The summed E-state index contributed by atoms with van der Waals surface area (Å²) >= 11 is 9.49. The van der Waals surface area contributed by atoms with Crippen LogP contribution in [0.25, 0.3) is 0 Å². The molecule has 2 rings (SSSR count). The Balaban J connectivity index is 2.44. The van der Waals surface area contributed by atoms with E-state index >= 15 is 0 Å². The molecule has 0 aliphatic carbocycles. The highest BCUT2D eigenvalue weighted by Gasteiger charge is 2.14. The summed E-state index contributed by atoms with van der Waals surface area (Å²) in [6.07, 6.45) is 0. The number of rotatable bonds is 2. The van der Waals surface area contributed by atoms with Crippen molar-refractivity contribution in [3.63, 3.8) is 0 Å². The molecule has 94 valence electrons. The third kappa shape index (κ3) is 2.74. The number of hydrogen-bond acceptors (Lipinski definition) is 1. The van der Waals surface area contributed by atoms with E-state index in [0.717, 1.165) is 10.0 Å². The van der Waals surface area contributed by atoms with Crippen LogP contribution in [0.15, 0.2) is 40.9 Å². The van der Waals surface area contributed by atoms with E-state index in [0.29, 0.717) is 16.1 Å². The number of halogens is 3. The molecule has 2 aromatic rings. The van der Waals surface area contributed by atoms with E-state index < -0.39 is 6.04 Å². The number of hydrogen-bond donors (Lipinski definition) is 1. The SMILES string of the molecule is Cc1ccc(C(N)c2cc(Br)ccc2Cl)cc1F. The van der Waals surface area contributed by atoms with E-state index in [1.54, 1.807) is 19.1 Å². The summed E-state index contributed by atoms with van der Waals surface area (Å²) in [5.41, 5.74) is 8.22. The summed E-state index contributed by atoms with van der Waals surface area (Å²) in [4.78, 5) is 0. The Morgan fingerprint density at radius 1 is 1.22 bits per heavy atom. The van der Waals surface area contributed by atoms with Crippen LogP contribution in [0.2, 0.25) is 5.02 Å². The van der Waals surface area contributed by atoms with Gasteiger partial charge in [0, 0.05) is 9.50 Å². The van der Waals surface area contributed by atoms with Gasteiger partial charge in [0.2, 0.25) is 0 Å². The summed E-state index contributed by atoms with van der Waals surface area (Å²) in [6.45, 7) is 1.72. The average molecular weight is 329 g/mol. The zero-order valence-corrected chi connectivity index (χ0v) is 12.1. The van der Waals surface area contributed by atoms with Gasteiger partial charge in [-0.25, -0.2) is 4.39 Å². The molecule has 0 bridgehead atoms. The first-order valence-corrected chi connectivity index (χ1v) is 6.62. The molecule has 1 unspecified atom stereocenters. The van der Waals surface area contributed by atoms with Gasteiger partial charge < -0.3 is 5.73 Å². The topological polar surface area (TPSA) is 26.0 Å². The van der Waals surface area contributed by atoms with Gasteiger partial charge in [-0.2, -0.15) is 0 Å². The Kier molecular flexibility index (Phi) is 4.05. The minimum Gasteiger partial charge on any atom is -0.320 e. The van der Waals surface area contributed by atoms with E-state index in [4.69, 9.17) is 17.3 Å². The van der Waals surface area contributed by atoms with E-state index in [-0.39, 0.29) is 5.82 Å². The van der Waals surface area contributed by atoms with Gasteiger partial charge in [-0.1, -0.05) is 39.7 Å². The fraction of sp³-hybridized carbons (Fsp3) is 0.143.